The lowest BCUT2D eigenvalue weighted by molar-refractivity contribution is 0.0474. The highest BCUT2D eigenvalue weighted by atomic mass is 16.5. The van der Waals surface area contributed by atoms with Crippen LogP contribution in [0.25, 0.3) is 11.3 Å². The van der Waals surface area contributed by atoms with Crippen molar-refractivity contribution < 1.29 is 9.32 Å². The standard InChI is InChI=1S/C18H21N3O2/c1-13-11-20(15-7-8-15)9-10-21(13)18(22)16-12-23-19-17(16)14-5-3-2-4-6-14/h2-6,12-13,15H,7-11H2,1H3. The second-order valence-electron chi connectivity index (χ2n) is 6.52. The number of hydrogen-bond acceptors (Lipinski definition) is 4. The van der Waals surface area contributed by atoms with Gasteiger partial charge in [-0.1, -0.05) is 35.5 Å². The molecule has 23 heavy (non-hydrogen) atoms. The molecule has 1 unspecified atom stereocenters. The van der Waals surface area contributed by atoms with E-state index in [0.29, 0.717) is 11.3 Å². The van der Waals surface area contributed by atoms with Crippen molar-refractivity contribution in [3.8, 4) is 11.3 Å². The van der Waals surface area contributed by atoms with Gasteiger partial charge < -0.3 is 9.42 Å². The zero-order chi connectivity index (χ0) is 15.8. The molecule has 2 aromatic rings. The minimum Gasteiger partial charge on any atom is -0.363 e. The molecule has 0 spiro atoms. The summed E-state index contributed by atoms with van der Waals surface area (Å²) in [7, 11) is 0. The minimum absolute atomic E-state index is 0.0213. The summed E-state index contributed by atoms with van der Waals surface area (Å²) < 4.78 is 5.11. The molecule has 1 saturated carbocycles. The van der Waals surface area contributed by atoms with Gasteiger partial charge in [0.25, 0.3) is 5.91 Å². The van der Waals surface area contributed by atoms with E-state index in [2.05, 4.69) is 17.0 Å². The van der Waals surface area contributed by atoms with Crippen molar-refractivity contribution in [3.05, 3.63) is 42.2 Å². The van der Waals surface area contributed by atoms with Crippen LogP contribution in [0.5, 0.6) is 0 Å². The van der Waals surface area contributed by atoms with Crippen molar-refractivity contribution in [2.45, 2.75) is 31.8 Å². The van der Waals surface area contributed by atoms with Gasteiger partial charge in [-0.2, -0.15) is 0 Å². The van der Waals surface area contributed by atoms with Gasteiger partial charge in [0.1, 0.15) is 17.5 Å². The van der Waals surface area contributed by atoms with Crippen molar-refractivity contribution in [1.29, 1.82) is 0 Å². The molecule has 0 bridgehead atoms. The largest absolute Gasteiger partial charge is 0.363 e. The topological polar surface area (TPSA) is 49.6 Å². The maximum Gasteiger partial charge on any atom is 0.259 e. The van der Waals surface area contributed by atoms with E-state index < -0.39 is 0 Å². The van der Waals surface area contributed by atoms with E-state index in [4.69, 9.17) is 4.52 Å². The molecule has 2 heterocycles. The Bertz CT molecular complexity index is 693. The van der Waals surface area contributed by atoms with Crippen LogP contribution in [0, 0.1) is 0 Å². The molecule has 0 N–H and O–H groups in total. The number of amides is 1. The summed E-state index contributed by atoms with van der Waals surface area (Å²) in [6, 6.07) is 10.7. The van der Waals surface area contributed by atoms with E-state index in [9.17, 15) is 4.79 Å². The van der Waals surface area contributed by atoms with Gasteiger partial charge in [-0.05, 0) is 19.8 Å². The second kappa shape index (κ2) is 5.81. The van der Waals surface area contributed by atoms with Gasteiger partial charge in [0.15, 0.2) is 0 Å². The Balaban J connectivity index is 1.55. The molecule has 2 aliphatic rings. The smallest absolute Gasteiger partial charge is 0.259 e. The zero-order valence-electron chi connectivity index (χ0n) is 13.3. The molecule has 5 heteroatoms. The first-order valence-electron chi connectivity index (χ1n) is 8.29. The molecule has 1 aliphatic heterocycles. The molecule has 1 atom stereocenters. The van der Waals surface area contributed by atoms with Crippen molar-refractivity contribution in [3.63, 3.8) is 0 Å². The van der Waals surface area contributed by atoms with Crippen LogP contribution in [-0.2, 0) is 0 Å². The maximum absolute atomic E-state index is 13.0. The SMILES string of the molecule is CC1CN(C2CC2)CCN1C(=O)c1conc1-c1ccccc1. The molecule has 4 rings (SSSR count). The third-order valence-corrected chi connectivity index (χ3v) is 4.83. The summed E-state index contributed by atoms with van der Waals surface area (Å²) in [5.41, 5.74) is 2.10. The van der Waals surface area contributed by atoms with E-state index in [1.807, 2.05) is 35.2 Å². The Kier molecular flexibility index (Phi) is 3.65. The monoisotopic (exact) mass is 311 g/mol. The highest BCUT2D eigenvalue weighted by Crippen LogP contribution is 2.30. The molecule has 1 aliphatic carbocycles. The summed E-state index contributed by atoms with van der Waals surface area (Å²) in [5, 5.41) is 4.05. The van der Waals surface area contributed by atoms with Gasteiger partial charge >= 0.3 is 0 Å². The predicted octanol–water partition coefficient (Wildman–Crippen LogP) is 2.65. The predicted molar refractivity (Wildman–Crippen MR) is 87.0 cm³/mol. The van der Waals surface area contributed by atoms with Crippen molar-refractivity contribution >= 4 is 5.91 Å². The van der Waals surface area contributed by atoms with Gasteiger partial charge in [-0.25, -0.2) is 0 Å². The molecule has 1 aromatic heterocycles. The van der Waals surface area contributed by atoms with Crippen LogP contribution in [0.3, 0.4) is 0 Å². The summed E-state index contributed by atoms with van der Waals surface area (Å²) in [5.74, 6) is 0.0213. The summed E-state index contributed by atoms with van der Waals surface area (Å²) in [6.07, 6.45) is 4.10. The van der Waals surface area contributed by atoms with Crippen LogP contribution < -0.4 is 0 Å². The van der Waals surface area contributed by atoms with Gasteiger partial charge in [0.05, 0.1) is 0 Å². The molecule has 1 aromatic carbocycles. The summed E-state index contributed by atoms with van der Waals surface area (Å²) in [6.45, 7) is 4.83. The highest BCUT2D eigenvalue weighted by Gasteiger charge is 2.36. The summed E-state index contributed by atoms with van der Waals surface area (Å²) >= 11 is 0. The Morgan fingerprint density at radius 1 is 1.22 bits per heavy atom. The van der Waals surface area contributed by atoms with Crippen LogP contribution in [0.4, 0.5) is 0 Å². The van der Waals surface area contributed by atoms with Gasteiger partial charge in [-0.3, -0.25) is 9.69 Å². The molecule has 0 radical (unpaired) electrons. The van der Waals surface area contributed by atoms with E-state index in [0.717, 1.165) is 31.2 Å². The Hall–Kier alpha value is -2.14. The van der Waals surface area contributed by atoms with Crippen LogP contribution in [-0.4, -0.2) is 52.6 Å². The van der Waals surface area contributed by atoms with Crippen LogP contribution in [0.15, 0.2) is 41.1 Å². The molecular weight excluding hydrogens is 290 g/mol. The quantitative estimate of drug-likeness (QED) is 0.874. The molecule has 5 nitrogen and oxygen atoms in total. The van der Waals surface area contributed by atoms with E-state index in [1.165, 1.54) is 19.1 Å². The van der Waals surface area contributed by atoms with Crippen molar-refractivity contribution in [2.24, 2.45) is 0 Å². The van der Waals surface area contributed by atoms with Crippen LogP contribution >= 0.6 is 0 Å². The number of piperazine rings is 1. The van der Waals surface area contributed by atoms with Crippen molar-refractivity contribution in [1.82, 2.24) is 15.0 Å². The molecule has 1 amide bonds. The van der Waals surface area contributed by atoms with E-state index in [-0.39, 0.29) is 11.9 Å². The Morgan fingerprint density at radius 3 is 2.70 bits per heavy atom. The average molecular weight is 311 g/mol. The van der Waals surface area contributed by atoms with Gasteiger partial charge in [0.2, 0.25) is 0 Å². The number of benzene rings is 1. The number of hydrogen-bond donors (Lipinski definition) is 0. The number of aromatic nitrogens is 1. The molecular formula is C18H21N3O2. The van der Waals surface area contributed by atoms with Gasteiger partial charge in [-0.15, -0.1) is 0 Å². The number of carbonyl (C=O) groups is 1. The fourth-order valence-electron chi connectivity index (χ4n) is 3.41. The number of nitrogens with zero attached hydrogens (tertiary/aromatic N) is 3. The molecule has 2 fully saturated rings. The second-order valence-corrected chi connectivity index (χ2v) is 6.52. The maximum atomic E-state index is 13.0. The lowest BCUT2D eigenvalue weighted by atomic mass is 10.1. The average Bonchev–Trinajstić information content (AvgIpc) is 3.31. The lowest BCUT2D eigenvalue weighted by Crippen LogP contribution is -2.54. The zero-order valence-corrected chi connectivity index (χ0v) is 13.3. The first-order valence-corrected chi connectivity index (χ1v) is 8.29. The van der Waals surface area contributed by atoms with Crippen LogP contribution in [0.1, 0.15) is 30.1 Å². The van der Waals surface area contributed by atoms with E-state index >= 15 is 0 Å². The Morgan fingerprint density at radius 2 is 2.00 bits per heavy atom. The number of carbonyl (C=O) groups excluding carboxylic acids is 1. The van der Waals surface area contributed by atoms with E-state index in [1.54, 1.807) is 0 Å². The third kappa shape index (κ3) is 2.77. The third-order valence-electron chi connectivity index (χ3n) is 4.83. The number of rotatable bonds is 3. The van der Waals surface area contributed by atoms with Crippen molar-refractivity contribution in [2.75, 3.05) is 19.6 Å². The first kappa shape index (κ1) is 14.5. The van der Waals surface area contributed by atoms with Gasteiger partial charge in [0, 0.05) is 37.3 Å². The Labute approximate surface area is 135 Å². The fraction of sp³-hybridized carbons (Fsp3) is 0.444. The normalized spacial score (nSPS) is 22.3. The van der Waals surface area contributed by atoms with Crippen LogP contribution in [0.2, 0.25) is 0 Å². The lowest BCUT2D eigenvalue weighted by Gasteiger charge is -2.40. The molecule has 120 valence electrons. The minimum atomic E-state index is 0.0213. The molecule has 1 saturated heterocycles. The first-order chi connectivity index (χ1) is 11.2. The fourth-order valence-corrected chi connectivity index (χ4v) is 3.41. The summed E-state index contributed by atoms with van der Waals surface area (Å²) in [4.78, 5) is 17.4. The highest BCUT2D eigenvalue weighted by molar-refractivity contribution is 5.99.